The van der Waals surface area contributed by atoms with Crippen molar-refractivity contribution < 1.29 is 9.90 Å². The molecule has 0 atom stereocenters. The molecule has 3 rings (SSSR count). The van der Waals surface area contributed by atoms with E-state index in [0.717, 1.165) is 35.6 Å². The maximum Gasteiger partial charge on any atom is 0.249 e. The Labute approximate surface area is 116 Å². The van der Waals surface area contributed by atoms with Crippen molar-refractivity contribution >= 4 is 17.4 Å². The first-order valence-electron chi connectivity index (χ1n) is 6.45. The lowest BCUT2D eigenvalue weighted by atomic mass is 10.0. The summed E-state index contributed by atoms with van der Waals surface area (Å²) in [7, 11) is 0. The molecule has 1 amide bonds. The quantitative estimate of drug-likeness (QED) is 0.882. The highest BCUT2D eigenvalue weighted by Gasteiger charge is 2.25. The highest BCUT2D eigenvalue weighted by Crippen LogP contribution is 2.35. The number of hydrogen-bond donors (Lipinski definition) is 2. The molecule has 2 heterocycles. The lowest BCUT2D eigenvalue weighted by molar-refractivity contribution is 0.0999. The number of benzene rings is 1. The number of primary amides is 1. The summed E-state index contributed by atoms with van der Waals surface area (Å²) in [5, 5.41) is 9.21. The first kappa shape index (κ1) is 12.6. The zero-order chi connectivity index (χ0) is 14.1. The largest absolute Gasteiger partial charge is 0.392 e. The average molecular weight is 269 g/mol. The van der Waals surface area contributed by atoms with Crippen LogP contribution in [0.1, 0.15) is 21.5 Å². The molecule has 20 heavy (non-hydrogen) atoms. The number of rotatable bonds is 3. The molecule has 0 spiro atoms. The van der Waals surface area contributed by atoms with Crippen LogP contribution in [0, 0.1) is 0 Å². The van der Waals surface area contributed by atoms with E-state index in [9.17, 15) is 9.90 Å². The molecule has 0 aliphatic carbocycles. The SMILES string of the molecule is NC(=O)c1cccc2c1CCN2c1cc(CO)ccn1. The number of aliphatic hydroxyl groups is 1. The smallest absolute Gasteiger partial charge is 0.249 e. The van der Waals surface area contributed by atoms with Gasteiger partial charge in [-0.3, -0.25) is 4.79 Å². The fraction of sp³-hybridized carbons (Fsp3) is 0.200. The van der Waals surface area contributed by atoms with E-state index < -0.39 is 5.91 Å². The van der Waals surface area contributed by atoms with Crippen molar-refractivity contribution in [1.82, 2.24) is 4.98 Å². The van der Waals surface area contributed by atoms with Gasteiger partial charge in [-0.05, 0) is 41.8 Å². The Morgan fingerprint density at radius 3 is 3.00 bits per heavy atom. The van der Waals surface area contributed by atoms with Gasteiger partial charge in [-0.15, -0.1) is 0 Å². The third-order valence-corrected chi connectivity index (χ3v) is 3.56. The van der Waals surface area contributed by atoms with Gasteiger partial charge < -0.3 is 15.7 Å². The minimum Gasteiger partial charge on any atom is -0.392 e. The monoisotopic (exact) mass is 269 g/mol. The summed E-state index contributed by atoms with van der Waals surface area (Å²) in [6.45, 7) is 0.735. The molecule has 0 bridgehead atoms. The minimum absolute atomic E-state index is 0.0163. The molecule has 2 aromatic rings. The van der Waals surface area contributed by atoms with E-state index >= 15 is 0 Å². The van der Waals surface area contributed by atoms with Gasteiger partial charge in [-0.1, -0.05) is 6.07 Å². The molecule has 5 heteroatoms. The van der Waals surface area contributed by atoms with Gasteiger partial charge in [-0.2, -0.15) is 0 Å². The van der Waals surface area contributed by atoms with Gasteiger partial charge in [-0.25, -0.2) is 4.98 Å². The topological polar surface area (TPSA) is 79.5 Å². The summed E-state index contributed by atoms with van der Waals surface area (Å²) in [6, 6.07) is 9.17. The Morgan fingerprint density at radius 2 is 2.25 bits per heavy atom. The molecule has 5 nitrogen and oxygen atoms in total. The third kappa shape index (κ3) is 2.02. The molecule has 3 N–H and O–H groups in total. The molecule has 0 saturated heterocycles. The molecule has 1 aromatic heterocycles. The summed E-state index contributed by atoms with van der Waals surface area (Å²) >= 11 is 0. The van der Waals surface area contributed by atoms with Crippen LogP contribution in [-0.4, -0.2) is 22.5 Å². The minimum atomic E-state index is -0.402. The Morgan fingerprint density at radius 1 is 1.40 bits per heavy atom. The summed E-state index contributed by atoms with van der Waals surface area (Å²) in [5.41, 5.74) is 8.73. The second-order valence-electron chi connectivity index (χ2n) is 4.75. The third-order valence-electron chi connectivity index (χ3n) is 3.56. The predicted molar refractivity (Wildman–Crippen MR) is 75.8 cm³/mol. The van der Waals surface area contributed by atoms with E-state index in [1.807, 2.05) is 23.1 Å². The van der Waals surface area contributed by atoms with Gasteiger partial charge in [0.25, 0.3) is 0 Å². The van der Waals surface area contributed by atoms with Gasteiger partial charge in [0.1, 0.15) is 5.82 Å². The molecule has 0 radical (unpaired) electrons. The van der Waals surface area contributed by atoms with E-state index in [1.54, 1.807) is 18.3 Å². The average Bonchev–Trinajstić information content (AvgIpc) is 2.91. The molecule has 102 valence electrons. The lowest BCUT2D eigenvalue weighted by Crippen LogP contribution is -2.15. The number of nitrogens with two attached hydrogens (primary N) is 1. The molecule has 0 saturated carbocycles. The number of nitrogens with zero attached hydrogens (tertiary/aromatic N) is 2. The van der Waals surface area contributed by atoms with Crippen LogP contribution in [0.15, 0.2) is 36.5 Å². The van der Waals surface area contributed by atoms with Crippen molar-refractivity contribution in [2.24, 2.45) is 5.73 Å². The van der Waals surface area contributed by atoms with Gasteiger partial charge in [0.15, 0.2) is 0 Å². The van der Waals surface area contributed by atoms with E-state index in [2.05, 4.69) is 4.98 Å². The van der Waals surface area contributed by atoms with E-state index in [1.165, 1.54) is 0 Å². The van der Waals surface area contributed by atoms with E-state index in [0.29, 0.717) is 5.56 Å². The summed E-state index contributed by atoms with van der Waals surface area (Å²) in [4.78, 5) is 17.8. The molecular weight excluding hydrogens is 254 g/mol. The van der Waals surface area contributed by atoms with Gasteiger partial charge in [0.2, 0.25) is 5.91 Å². The Bertz CT molecular complexity index is 670. The fourth-order valence-electron chi connectivity index (χ4n) is 2.61. The normalized spacial score (nSPS) is 13.3. The number of hydrogen-bond acceptors (Lipinski definition) is 4. The fourth-order valence-corrected chi connectivity index (χ4v) is 2.61. The van der Waals surface area contributed by atoms with Crippen molar-refractivity contribution in [2.45, 2.75) is 13.0 Å². The number of anilines is 2. The van der Waals surface area contributed by atoms with Gasteiger partial charge in [0.05, 0.1) is 6.61 Å². The van der Waals surface area contributed by atoms with Crippen LogP contribution in [0.3, 0.4) is 0 Å². The van der Waals surface area contributed by atoms with E-state index in [4.69, 9.17) is 5.73 Å². The second-order valence-corrected chi connectivity index (χ2v) is 4.75. The van der Waals surface area contributed by atoms with Crippen molar-refractivity contribution in [3.8, 4) is 0 Å². The predicted octanol–water partition coefficient (Wildman–Crippen LogP) is 1.37. The Balaban J connectivity index is 2.05. The molecular formula is C15H15N3O2. The zero-order valence-corrected chi connectivity index (χ0v) is 10.9. The standard InChI is InChI=1S/C15H15N3O2/c16-15(20)12-2-1-3-13-11(12)5-7-18(13)14-8-10(9-19)4-6-17-14/h1-4,6,8,19H,5,7,9H2,(H2,16,20). The molecule has 1 aromatic carbocycles. The van der Waals surface area contributed by atoms with Crippen LogP contribution in [0.5, 0.6) is 0 Å². The van der Waals surface area contributed by atoms with Gasteiger partial charge >= 0.3 is 0 Å². The Kier molecular flexibility index (Phi) is 3.12. The number of aromatic nitrogens is 1. The molecule has 1 aliphatic heterocycles. The highest BCUT2D eigenvalue weighted by molar-refractivity contribution is 5.96. The summed E-state index contributed by atoms with van der Waals surface area (Å²) < 4.78 is 0. The van der Waals surface area contributed by atoms with Crippen molar-refractivity contribution in [3.63, 3.8) is 0 Å². The molecule has 0 unspecified atom stereocenters. The Hall–Kier alpha value is -2.40. The highest BCUT2D eigenvalue weighted by atomic mass is 16.3. The molecule has 0 fully saturated rings. The number of amides is 1. The van der Waals surface area contributed by atoms with Crippen LogP contribution in [0.4, 0.5) is 11.5 Å². The van der Waals surface area contributed by atoms with E-state index in [-0.39, 0.29) is 6.61 Å². The van der Waals surface area contributed by atoms with Crippen LogP contribution >= 0.6 is 0 Å². The zero-order valence-electron chi connectivity index (χ0n) is 10.9. The number of carbonyl (C=O) groups is 1. The van der Waals surface area contributed by atoms with Gasteiger partial charge in [0, 0.05) is 24.0 Å². The number of aliphatic hydroxyl groups excluding tert-OH is 1. The first-order valence-corrected chi connectivity index (χ1v) is 6.45. The number of carbonyl (C=O) groups excluding carboxylic acids is 1. The maximum atomic E-state index is 11.5. The van der Waals surface area contributed by atoms with Crippen LogP contribution in [0.2, 0.25) is 0 Å². The van der Waals surface area contributed by atoms with Crippen LogP contribution < -0.4 is 10.6 Å². The van der Waals surface area contributed by atoms with Crippen molar-refractivity contribution in [3.05, 3.63) is 53.2 Å². The summed E-state index contributed by atoms with van der Waals surface area (Å²) in [5.74, 6) is 0.373. The number of fused-ring (bicyclic) bond motifs is 1. The van der Waals surface area contributed by atoms with Crippen LogP contribution in [-0.2, 0) is 13.0 Å². The van der Waals surface area contributed by atoms with Crippen LogP contribution in [0.25, 0.3) is 0 Å². The molecule has 1 aliphatic rings. The first-order chi connectivity index (χ1) is 9.70. The lowest BCUT2D eigenvalue weighted by Gasteiger charge is -2.19. The summed E-state index contributed by atoms with van der Waals surface area (Å²) in [6.07, 6.45) is 2.44. The van der Waals surface area contributed by atoms with Crippen molar-refractivity contribution in [1.29, 1.82) is 0 Å². The maximum absolute atomic E-state index is 11.5. The number of pyridine rings is 1. The van der Waals surface area contributed by atoms with Crippen molar-refractivity contribution in [2.75, 3.05) is 11.4 Å². The second kappa shape index (κ2) is 4.94.